The minimum atomic E-state index is 0.419. The molecule has 14 heavy (non-hydrogen) atoms. The van der Waals surface area contributed by atoms with Crippen LogP contribution in [0.3, 0.4) is 0 Å². The number of hydrogen-bond acceptors (Lipinski definition) is 2. The summed E-state index contributed by atoms with van der Waals surface area (Å²) < 4.78 is 5.10. The molecule has 0 aliphatic heterocycles. The maximum Gasteiger partial charge on any atom is 0.0589 e. The number of nitrogens with zero attached hydrogens (tertiary/aromatic N) is 1. The molecule has 0 fully saturated rings. The maximum atomic E-state index is 5.10. The molecule has 0 unspecified atom stereocenters. The summed E-state index contributed by atoms with van der Waals surface area (Å²) in [6.07, 6.45) is 2.47. The highest BCUT2D eigenvalue weighted by Crippen LogP contribution is 2.24. The van der Waals surface area contributed by atoms with Crippen molar-refractivity contribution in [3.63, 3.8) is 0 Å². The summed E-state index contributed by atoms with van der Waals surface area (Å²) in [7, 11) is 3.96. The van der Waals surface area contributed by atoms with Gasteiger partial charge in [0, 0.05) is 19.7 Å². The average molecular weight is 201 g/mol. The first-order chi connectivity index (χ1) is 6.40. The largest absolute Gasteiger partial charge is 0.383 e. The van der Waals surface area contributed by atoms with E-state index < -0.39 is 0 Å². The van der Waals surface area contributed by atoms with Crippen LogP contribution in [0.5, 0.6) is 0 Å². The van der Waals surface area contributed by atoms with E-state index in [0.29, 0.717) is 11.5 Å². The Labute approximate surface area is 89.6 Å². The standard InChI is InChI=1S/C12H27NO/c1-7-11(10-12(2,3)4)13(5)8-9-14-6/h11H,7-10H2,1-6H3/t11-/m0/s1. The smallest absolute Gasteiger partial charge is 0.0589 e. The molecule has 0 rings (SSSR count). The van der Waals surface area contributed by atoms with Crippen LogP contribution in [0.25, 0.3) is 0 Å². The molecule has 86 valence electrons. The molecule has 0 aliphatic rings. The number of likely N-dealkylation sites (N-methyl/N-ethyl adjacent to an activating group) is 1. The highest BCUT2D eigenvalue weighted by molar-refractivity contribution is 4.74. The third-order valence-electron chi connectivity index (χ3n) is 2.59. The van der Waals surface area contributed by atoms with Gasteiger partial charge in [0.2, 0.25) is 0 Å². The molecule has 0 bridgehead atoms. The Kier molecular flexibility index (Phi) is 6.38. The molecule has 0 aromatic heterocycles. The summed E-state index contributed by atoms with van der Waals surface area (Å²) in [6.45, 7) is 11.0. The Hall–Kier alpha value is -0.0800. The van der Waals surface area contributed by atoms with E-state index in [2.05, 4.69) is 39.6 Å². The molecule has 0 saturated carbocycles. The van der Waals surface area contributed by atoms with Crippen molar-refractivity contribution in [2.75, 3.05) is 27.3 Å². The lowest BCUT2D eigenvalue weighted by Gasteiger charge is -2.32. The van der Waals surface area contributed by atoms with Gasteiger partial charge in [-0.1, -0.05) is 27.7 Å². The molecule has 2 nitrogen and oxygen atoms in total. The second-order valence-corrected chi connectivity index (χ2v) is 5.30. The highest BCUT2D eigenvalue weighted by atomic mass is 16.5. The second-order valence-electron chi connectivity index (χ2n) is 5.30. The lowest BCUT2D eigenvalue weighted by atomic mass is 9.86. The summed E-state index contributed by atoms with van der Waals surface area (Å²) in [6, 6.07) is 0.685. The third-order valence-corrected chi connectivity index (χ3v) is 2.59. The van der Waals surface area contributed by atoms with Gasteiger partial charge in [0.25, 0.3) is 0 Å². The molecule has 0 amide bonds. The van der Waals surface area contributed by atoms with Crippen molar-refractivity contribution >= 4 is 0 Å². The monoisotopic (exact) mass is 201 g/mol. The number of rotatable bonds is 6. The fraction of sp³-hybridized carbons (Fsp3) is 1.00. The average Bonchev–Trinajstić information content (AvgIpc) is 2.08. The second kappa shape index (κ2) is 6.41. The van der Waals surface area contributed by atoms with Crippen molar-refractivity contribution in [3.05, 3.63) is 0 Å². The summed E-state index contributed by atoms with van der Waals surface area (Å²) in [5.41, 5.74) is 0.419. The Balaban J connectivity index is 3.99. The molecule has 0 heterocycles. The normalized spacial score (nSPS) is 14.8. The van der Waals surface area contributed by atoms with Gasteiger partial charge in [0.05, 0.1) is 6.61 Å². The molecule has 1 atom stereocenters. The summed E-state index contributed by atoms with van der Waals surface area (Å²) >= 11 is 0. The lowest BCUT2D eigenvalue weighted by Crippen LogP contribution is -2.36. The van der Waals surface area contributed by atoms with Crippen molar-refractivity contribution in [2.45, 2.75) is 46.6 Å². The van der Waals surface area contributed by atoms with E-state index in [0.717, 1.165) is 13.2 Å². The van der Waals surface area contributed by atoms with Crippen molar-refractivity contribution in [1.82, 2.24) is 4.90 Å². The van der Waals surface area contributed by atoms with E-state index in [1.54, 1.807) is 7.11 Å². The van der Waals surface area contributed by atoms with Crippen molar-refractivity contribution < 1.29 is 4.74 Å². The van der Waals surface area contributed by atoms with Crippen LogP contribution in [-0.2, 0) is 4.74 Å². The summed E-state index contributed by atoms with van der Waals surface area (Å²) in [5, 5.41) is 0. The molecule has 0 N–H and O–H groups in total. The van der Waals surface area contributed by atoms with Gasteiger partial charge < -0.3 is 9.64 Å². The van der Waals surface area contributed by atoms with Crippen LogP contribution in [0, 0.1) is 5.41 Å². The Morgan fingerprint density at radius 1 is 1.29 bits per heavy atom. The van der Waals surface area contributed by atoms with Gasteiger partial charge in [-0.05, 0) is 25.3 Å². The van der Waals surface area contributed by atoms with Gasteiger partial charge in [-0.15, -0.1) is 0 Å². The van der Waals surface area contributed by atoms with Gasteiger partial charge in [0.1, 0.15) is 0 Å². The molecular weight excluding hydrogens is 174 g/mol. The van der Waals surface area contributed by atoms with Crippen molar-refractivity contribution in [1.29, 1.82) is 0 Å². The first-order valence-corrected chi connectivity index (χ1v) is 5.60. The zero-order valence-electron chi connectivity index (χ0n) is 10.8. The summed E-state index contributed by atoms with van der Waals surface area (Å²) in [4.78, 5) is 2.41. The maximum absolute atomic E-state index is 5.10. The fourth-order valence-corrected chi connectivity index (χ4v) is 1.74. The van der Waals surface area contributed by atoms with Crippen LogP contribution in [0.4, 0.5) is 0 Å². The Bertz CT molecular complexity index is 140. The number of ether oxygens (including phenoxy) is 1. The van der Waals surface area contributed by atoms with Crippen molar-refractivity contribution in [2.24, 2.45) is 5.41 Å². The van der Waals surface area contributed by atoms with E-state index in [4.69, 9.17) is 4.74 Å². The molecule has 0 spiro atoms. The SMILES string of the molecule is CC[C@@H](CC(C)(C)C)N(C)CCOC. The summed E-state index contributed by atoms with van der Waals surface area (Å²) in [5.74, 6) is 0. The molecule has 2 heteroatoms. The molecule has 0 aliphatic carbocycles. The van der Waals surface area contributed by atoms with E-state index in [-0.39, 0.29) is 0 Å². The topological polar surface area (TPSA) is 12.5 Å². The van der Waals surface area contributed by atoms with Gasteiger partial charge in [-0.2, -0.15) is 0 Å². The van der Waals surface area contributed by atoms with E-state index in [1.165, 1.54) is 12.8 Å². The lowest BCUT2D eigenvalue weighted by molar-refractivity contribution is 0.117. The molecular formula is C12H27NO. The molecule has 0 aromatic rings. The number of methoxy groups -OCH3 is 1. The molecule has 0 saturated heterocycles. The first kappa shape index (κ1) is 13.9. The van der Waals surface area contributed by atoms with E-state index in [1.807, 2.05) is 0 Å². The quantitative estimate of drug-likeness (QED) is 0.655. The Morgan fingerprint density at radius 3 is 2.21 bits per heavy atom. The minimum Gasteiger partial charge on any atom is -0.383 e. The van der Waals surface area contributed by atoms with E-state index >= 15 is 0 Å². The number of hydrogen-bond donors (Lipinski definition) is 0. The van der Waals surface area contributed by atoms with Crippen LogP contribution in [0.15, 0.2) is 0 Å². The predicted octanol–water partition coefficient (Wildman–Crippen LogP) is 2.78. The Morgan fingerprint density at radius 2 is 1.86 bits per heavy atom. The minimum absolute atomic E-state index is 0.419. The molecule has 0 radical (unpaired) electrons. The van der Waals surface area contributed by atoms with Gasteiger partial charge in [-0.25, -0.2) is 0 Å². The predicted molar refractivity (Wildman–Crippen MR) is 62.7 cm³/mol. The van der Waals surface area contributed by atoms with Gasteiger partial charge >= 0.3 is 0 Å². The van der Waals surface area contributed by atoms with Gasteiger partial charge in [-0.3, -0.25) is 0 Å². The first-order valence-electron chi connectivity index (χ1n) is 5.60. The van der Waals surface area contributed by atoms with Crippen LogP contribution in [-0.4, -0.2) is 38.3 Å². The van der Waals surface area contributed by atoms with Gasteiger partial charge in [0.15, 0.2) is 0 Å². The zero-order valence-corrected chi connectivity index (χ0v) is 10.8. The highest BCUT2D eigenvalue weighted by Gasteiger charge is 2.20. The third kappa shape index (κ3) is 6.39. The van der Waals surface area contributed by atoms with Crippen LogP contribution >= 0.6 is 0 Å². The van der Waals surface area contributed by atoms with Crippen LogP contribution in [0.1, 0.15) is 40.5 Å². The fourth-order valence-electron chi connectivity index (χ4n) is 1.74. The van der Waals surface area contributed by atoms with Crippen LogP contribution in [0.2, 0.25) is 0 Å². The molecule has 0 aromatic carbocycles. The zero-order chi connectivity index (χ0) is 11.2. The van der Waals surface area contributed by atoms with E-state index in [9.17, 15) is 0 Å². The van der Waals surface area contributed by atoms with Crippen molar-refractivity contribution in [3.8, 4) is 0 Å². The van der Waals surface area contributed by atoms with Crippen LogP contribution < -0.4 is 0 Å².